The lowest BCUT2D eigenvalue weighted by atomic mass is 10.1. The Balaban J connectivity index is 2.46. The van der Waals surface area contributed by atoms with E-state index in [0.717, 1.165) is 20.5 Å². The highest BCUT2D eigenvalue weighted by atomic mass is 79.9. The Morgan fingerprint density at radius 3 is 2.62 bits per heavy atom. The fourth-order valence-corrected chi connectivity index (χ4v) is 2.91. The van der Waals surface area contributed by atoms with Crippen LogP contribution in [0, 0.1) is 6.92 Å². The summed E-state index contributed by atoms with van der Waals surface area (Å²) in [7, 11) is 0. The SMILES string of the molecule is Cc1cc(Br)ccc1-c1ccc(C(=O)O)s1. The Bertz CT molecular complexity index is 546. The summed E-state index contributed by atoms with van der Waals surface area (Å²) in [6.45, 7) is 2.01. The second-order valence-corrected chi connectivity index (χ2v) is 5.43. The molecule has 0 unspecified atom stereocenters. The quantitative estimate of drug-likeness (QED) is 0.902. The number of carboxylic acid groups (broad SMARTS) is 1. The average molecular weight is 297 g/mol. The van der Waals surface area contributed by atoms with E-state index in [4.69, 9.17) is 5.11 Å². The van der Waals surface area contributed by atoms with Crippen molar-refractivity contribution >= 4 is 33.2 Å². The lowest BCUT2D eigenvalue weighted by Gasteiger charge is -2.03. The third-order valence-electron chi connectivity index (χ3n) is 2.27. The minimum Gasteiger partial charge on any atom is -0.477 e. The van der Waals surface area contributed by atoms with Crippen LogP contribution in [0.15, 0.2) is 34.8 Å². The summed E-state index contributed by atoms with van der Waals surface area (Å²) in [5, 5.41) is 8.86. The van der Waals surface area contributed by atoms with Crippen molar-refractivity contribution in [2.75, 3.05) is 0 Å². The summed E-state index contributed by atoms with van der Waals surface area (Å²) in [5.41, 5.74) is 2.22. The van der Waals surface area contributed by atoms with Gasteiger partial charge in [0, 0.05) is 9.35 Å². The first-order valence-electron chi connectivity index (χ1n) is 4.67. The van der Waals surface area contributed by atoms with Crippen LogP contribution in [0.3, 0.4) is 0 Å². The summed E-state index contributed by atoms with van der Waals surface area (Å²) in [4.78, 5) is 12.1. The van der Waals surface area contributed by atoms with Gasteiger partial charge in [-0.15, -0.1) is 11.3 Å². The minimum atomic E-state index is -0.869. The van der Waals surface area contributed by atoms with E-state index < -0.39 is 5.97 Å². The number of aromatic carboxylic acids is 1. The van der Waals surface area contributed by atoms with Crippen LogP contribution < -0.4 is 0 Å². The smallest absolute Gasteiger partial charge is 0.345 e. The van der Waals surface area contributed by atoms with Gasteiger partial charge in [0.1, 0.15) is 4.88 Å². The van der Waals surface area contributed by atoms with Gasteiger partial charge < -0.3 is 5.11 Å². The molecule has 2 aromatic rings. The highest BCUT2D eigenvalue weighted by Crippen LogP contribution is 2.31. The molecule has 1 N–H and O–H groups in total. The van der Waals surface area contributed by atoms with E-state index in [1.54, 1.807) is 6.07 Å². The number of carboxylic acids is 1. The molecule has 2 rings (SSSR count). The topological polar surface area (TPSA) is 37.3 Å². The molecule has 0 spiro atoms. The third kappa shape index (κ3) is 2.18. The van der Waals surface area contributed by atoms with Gasteiger partial charge in [0.15, 0.2) is 0 Å². The maximum absolute atomic E-state index is 10.8. The molecule has 0 radical (unpaired) electrons. The number of hydrogen-bond donors (Lipinski definition) is 1. The first kappa shape index (κ1) is 11.4. The number of rotatable bonds is 2. The van der Waals surface area contributed by atoms with E-state index in [9.17, 15) is 4.79 Å². The molecule has 0 saturated carbocycles. The number of thiophene rings is 1. The van der Waals surface area contributed by atoms with Crippen LogP contribution >= 0.6 is 27.3 Å². The van der Waals surface area contributed by atoms with Crippen molar-refractivity contribution in [3.8, 4) is 10.4 Å². The second kappa shape index (κ2) is 4.39. The van der Waals surface area contributed by atoms with E-state index in [1.165, 1.54) is 11.3 Å². The Kier molecular flexibility index (Phi) is 3.12. The lowest BCUT2D eigenvalue weighted by molar-refractivity contribution is 0.0702. The standard InChI is InChI=1S/C12H9BrO2S/c1-7-6-8(13)2-3-9(7)10-4-5-11(16-10)12(14)15/h2-6H,1H3,(H,14,15). The molecule has 1 heterocycles. The van der Waals surface area contributed by atoms with Crippen molar-refractivity contribution in [2.24, 2.45) is 0 Å². The van der Waals surface area contributed by atoms with Gasteiger partial charge in [0.05, 0.1) is 0 Å². The molecule has 0 saturated heterocycles. The Hall–Kier alpha value is -1.13. The number of carbonyl (C=O) groups is 1. The zero-order valence-electron chi connectivity index (χ0n) is 8.53. The van der Waals surface area contributed by atoms with E-state index in [-0.39, 0.29) is 0 Å². The summed E-state index contributed by atoms with van der Waals surface area (Å²) in [6, 6.07) is 9.48. The molecule has 0 aliphatic carbocycles. The van der Waals surface area contributed by atoms with Crippen LogP contribution in [-0.2, 0) is 0 Å². The van der Waals surface area contributed by atoms with Gasteiger partial charge in [-0.05, 0) is 42.3 Å². The van der Waals surface area contributed by atoms with Crippen LogP contribution in [0.2, 0.25) is 0 Å². The van der Waals surface area contributed by atoms with Gasteiger partial charge in [0.2, 0.25) is 0 Å². The Morgan fingerprint density at radius 2 is 2.06 bits per heavy atom. The van der Waals surface area contributed by atoms with E-state index in [1.807, 2.05) is 31.2 Å². The predicted molar refractivity (Wildman–Crippen MR) is 69.2 cm³/mol. The largest absolute Gasteiger partial charge is 0.477 e. The fraction of sp³-hybridized carbons (Fsp3) is 0.0833. The minimum absolute atomic E-state index is 0.373. The molecule has 0 aliphatic heterocycles. The van der Waals surface area contributed by atoms with E-state index >= 15 is 0 Å². The second-order valence-electron chi connectivity index (χ2n) is 3.43. The molecule has 0 fully saturated rings. The first-order chi connectivity index (χ1) is 7.58. The number of aryl methyl sites for hydroxylation is 1. The van der Waals surface area contributed by atoms with Gasteiger partial charge in [-0.2, -0.15) is 0 Å². The first-order valence-corrected chi connectivity index (χ1v) is 6.28. The summed E-state index contributed by atoms with van der Waals surface area (Å²) < 4.78 is 1.03. The molecule has 4 heteroatoms. The lowest BCUT2D eigenvalue weighted by Crippen LogP contribution is -1.89. The van der Waals surface area contributed by atoms with Gasteiger partial charge >= 0.3 is 5.97 Å². The molecule has 0 amide bonds. The van der Waals surface area contributed by atoms with Gasteiger partial charge in [-0.1, -0.05) is 22.0 Å². The van der Waals surface area contributed by atoms with Crippen molar-refractivity contribution < 1.29 is 9.90 Å². The van der Waals surface area contributed by atoms with Crippen molar-refractivity contribution in [3.05, 3.63) is 45.2 Å². The summed E-state index contributed by atoms with van der Waals surface area (Å²) >= 11 is 4.71. The zero-order valence-corrected chi connectivity index (χ0v) is 10.9. The third-order valence-corrected chi connectivity index (χ3v) is 3.87. The molecule has 1 aromatic carbocycles. The number of halogens is 1. The van der Waals surface area contributed by atoms with Crippen LogP contribution in [0.5, 0.6) is 0 Å². The van der Waals surface area contributed by atoms with E-state index in [0.29, 0.717) is 4.88 Å². The van der Waals surface area contributed by atoms with Crippen LogP contribution in [0.25, 0.3) is 10.4 Å². The van der Waals surface area contributed by atoms with Crippen molar-refractivity contribution in [1.82, 2.24) is 0 Å². The number of benzene rings is 1. The molecule has 0 bridgehead atoms. The van der Waals surface area contributed by atoms with Crippen LogP contribution in [0.1, 0.15) is 15.2 Å². The van der Waals surface area contributed by atoms with Gasteiger partial charge in [-0.3, -0.25) is 0 Å². The maximum Gasteiger partial charge on any atom is 0.345 e. The Labute approximate surface area is 106 Å². The molecular weight excluding hydrogens is 288 g/mol. The molecule has 0 atom stereocenters. The summed E-state index contributed by atoms with van der Waals surface area (Å²) in [5.74, 6) is -0.869. The monoisotopic (exact) mass is 296 g/mol. The maximum atomic E-state index is 10.8. The predicted octanol–water partition coefficient (Wildman–Crippen LogP) is 4.18. The normalized spacial score (nSPS) is 10.4. The van der Waals surface area contributed by atoms with Crippen LogP contribution in [0.4, 0.5) is 0 Å². The van der Waals surface area contributed by atoms with Gasteiger partial charge in [-0.25, -0.2) is 4.79 Å². The Morgan fingerprint density at radius 1 is 1.31 bits per heavy atom. The van der Waals surface area contributed by atoms with Crippen molar-refractivity contribution in [2.45, 2.75) is 6.92 Å². The highest BCUT2D eigenvalue weighted by Gasteiger charge is 2.09. The highest BCUT2D eigenvalue weighted by molar-refractivity contribution is 9.10. The average Bonchev–Trinajstić information content (AvgIpc) is 2.66. The molecule has 2 nitrogen and oxygen atoms in total. The van der Waals surface area contributed by atoms with Crippen molar-refractivity contribution in [3.63, 3.8) is 0 Å². The molecule has 82 valence electrons. The van der Waals surface area contributed by atoms with E-state index in [2.05, 4.69) is 15.9 Å². The van der Waals surface area contributed by atoms with Crippen molar-refractivity contribution in [1.29, 1.82) is 0 Å². The van der Waals surface area contributed by atoms with Gasteiger partial charge in [0.25, 0.3) is 0 Å². The molecule has 0 aliphatic rings. The molecular formula is C12H9BrO2S. The summed E-state index contributed by atoms with van der Waals surface area (Å²) in [6.07, 6.45) is 0. The van der Waals surface area contributed by atoms with Crippen LogP contribution in [-0.4, -0.2) is 11.1 Å². The zero-order chi connectivity index (χ0) is 11.7. The fourth-order valence-electron chi connectivity index (χ4n) is 1.50. The molecule has 1 aromatic heterocycles. The molecule has 16 heavy (non-hydrogen) atoms. The number of hydrogen-bond acceptors (Lipinski definition) is 2.